The van der Waals surface area contributed by atoms with E-state index in [2.05, 4.69) is 11.2 Å². The maximum atomic E-state index is 11.0. The van der Waals surface area contributed by atoms with Crippen LogP contribution in [0.4, 0.5) is 0 Å². The molecule has 2 unspecified atom stereocenters. The fourth-order valence-electron chi connectivity index (χ4n) is 1.84. The Balaban J connectivity index is 0.00000144. The van der Waals surface area contributed by atoms with E-state index in [1.807, 2.05) is 0 Å². The zero-order valence-corrected chi connectivity index (χ0v) is 12.0. The molecular formula is C8H15NaO2S2. The van der Waals surface area contributed by atoms with Gasteiger partial charge in [-0.05, 0) is 38.7 Å². The van der Waals surface area contributed by atoms with Gasteiger partial charge in [-0.2, -0.15) is 0 Å². The topological polar surface area (TPSA) is 40.1 Å². The van der Waals surface area contributed by atoms with Gasteiger partial charge in [-0.15, -0.1) is 0 Å². The van der Waals surface area contributed by atoms with Crippen molar-refractivity contribution in [2.45, 2.75) is 44.3 Å². The third kappa shape index (κ3) is 4.58. The molecule has 0 bridgehead atoms. The number of hydrogen-bond donors (Lipinski definition) is 0. The van der Waals surface area contributed by atoms with E-state index in [0.29, 0.717) is 5.92 Å². The predicted molar refractivity (Wildman–Crippen MR) is 52.3 cm³/mol. The Morgan fingerprint density at radius 1 is 1.38 bits per heavy atom. The van der Waals surface area contributed by atoms with Crippen LogP contribution in [-0.2, 0) is 20.0 Å². The smallest absolute Gasteiger partial charge is 0.769 e. The van der Waals surface area contributed by atoms with Gasteiger partial charge < -0.3 is 4.55 Å². The molecule has 2 nitrogen and oxygen atoms in total. The molecule has 1 rings (SSSR count). The number of hydrogen-bond acceptors (Lipinski definition) is 3. The molecule has 0 aromatic rings. The molecule has 1 saturated carbocycles. The van der Waals surface area contributed by atoms with Crippen molar-refractivity contribution >= 4 is 20.0 Å². The van der Waals surface area contributed by atoms with Gasteiger partial charge in [0.05, 0.1) is 0 Å². The maximum absolute atomic E-state index is 11.0. The van der Waals surface area contributed by atoms with E-state index in [9.17, 15) is 8.76 Å². The van der Waals surface area contributed by atoms with Crippen molar-refractivity contribution in [1.82, 2.24) is 0 Å². The van der Waals surface area contributed by atoms with Gasteiger partial charge in [0.25, 0.3) is 0 Å². The maximum Gasteiger partial charge on any atom is 1.00 e. The van der Waals surface area contributed by atoms with E-state index in [1.165, 1.54) is 19.3 Å². The second kappa shape index (κ2) is 6.03. The summed E-state index contributed by atoms with van der Waals surface area (Å²) in [5.41, 5.74) is 0. The second-order valence-corrected chi connectivity index (χ2v) is 6.72. The third-order valence-corrected chi connectivity index (χ3v) is 4.98. The Kier molecular flexibility index (Phi) is 6.65. The Bertz CT molecular complexity index is 233. The van der Waals surface area contributed by atoms with Crippen molar-refractivity contribution in [3.63, 3.8) is 0 Å². The van der Waals surface area contributed by atoms with Crippen LogP contribution >= 0.6 is 0 Å². The Morgan fingerprint density at radius 2 is 1.85 bits per heavy atom. The van der Waals surface area contributed by atoms with Crippen LogP contribution in [0.1, 0.15) is 39.0 Å². The van der Waals surface area contributed by atoms with Crippen molar-refractivity contribution in [2.24, 2.45) is 5.92 Å². The summed E-state index contributed by atoms with van der Waals surface area (Å²) in [4.78, 5) is 0. The first-order valence-electron chi connectivity index (χ1n) is 4.46. The van der Waals surface area contributed by atoms with Crippen LogP contribution in [-0.4, -0.2) is 14.0 Å². The van der Waals surface area contributed by atoms with E-state index in [0.717, 1.165) is 12.8 Å². The van der Waals surface area contributed by atoms with E-state index in [4.69, 9.17) is 0 Å². The van der Waals surface area contributed by atoms with Crippen LogP contribution in [0, 0.1) is 5.92 Å². The van der Waals surface area contributed by atoms with Crippen LogP contribution in [0.5, 0.6) is 0 Å². The van der Waals surface area contributed by atoms with Gasteiger partial charge in [-0.1, -0.05) is 26.2 Å². The van der Waals surface area contributed by atoms with E-state index in [-0.39, 0.29) is 34.8 Å². The van der Waals surface area contributed by atoms with Gasteiger partial charge >= 0.3 is 29.6 Å². The van der Waals surface area contributed by atoms with E-state index >= 15 is 0 Å². The summed E-state index contributed by atoms with van der Waals surface area (Å²) in [6, 6.07) is 0. The second-order valence-electron chi connectivity index (χ2n) is 3.60. The van der Waals surface area contributed by atoms with E-state index < -0.39 is 8.77 Å². The summed E-state index contributed by atoms with van der Waals surface area (Å²) in [6.07, 6.45) is 5.66. The Morgan fingerprint density at radius 3 is 2.23 bits per heavy atom. The molecule has 5 heteroatoms. The predicted octanol–water partition coefficient (Wildman–Crippen LogP) is -1.16. The normalized spacial score (nSPS) is 25.7. The molecule has 1 aliphatic rings. The van der Waals surface area contributed by atoms with Crippen LogP contribution in [0.3, 0.4) is 0 Å². The molecule has 0 aromatic heterocycles. The minimum Gasteiger partial charge on any atom is -0.769 e. The minimum absolute atomic E-state index is 0. The zero-order valence-electron chi connectivity index (χ0n) is 8.32. The molecule has 2 atom stereocenters. The molecule has 1 aliphatic carbocycles. The molecule has 0 aliphatic heterocycles. The third-order valence-electron chi connectivity index (χ3n) is 2.77. The minimum atomic E-state index is -3.22. The van der Waals surface area contributed by atoms with Crippen molar-refractivity contribution < 1.29 is 38.3 Å². The van der Waals surface area contributed by atoms with Crippen molar-refractivity contribution in [3.05, 3.63) is 0 Å². The standard InChI is InChI=1S/C8H16O2S2.Na/c1-7(12(9,10)11)8-5-3-2-4-6-8;/h7-8H,2-6H2,1H3,(H,9,10,11);/q;+1/p-1. The molecule has 72 valence electrons. The zero-order chi connectivity index (χ0) is 9.19. The summed E-state index contributed by atoms with van der Waals surface area (Å²) >= 11 is 4.46. The molecule has 0 heterocycles. The quantitative estimate of drug-likeness (QED) is 0.562. The average molecular weight is 230 g/mol. The van der Waals surface area contributed by atoms with Crippen LogP contribution in [0.2, 0.25) is 0 Å². The largest absolute Gasteiger partial charge is 1.00 e. The van der Waals surface area contributed by atoms with Crippen molar-refractivity contribution in [1.29, 1.82) is 0 Å². The molecule has 0 N–H and O–H groups in total. The van der Waals surface area contributed by atoms with E-state index in [1.54, 1.807) is 6.92 Å². The summed E-state index contributed by atoms with van der Waals surface area (Å²) in [7, 11) is -3.22. The fraction of sp³-hybridized carbons (Fsp3) is 1.00. The Labute approximate surface area is 108 Å². The van der Waals surface area contributed by atoms with Gasteiger partial charge in [-0.3, -0.25) is 4.21 Å². The van der Waals surface area contributed by atoms with Gasteiger partial charge in [0.2, 0.25) is 0 Å². The van der Waals surface area contributed by atoms with Crippen molar-refractivity contribution in [3.8, 4) is 0 Å². The average Bonchev–Trinajstić information content (AvgIpc) is 2.03. The molecule has 0 saturated heterocycles. The van der Waals surface area contributed by atoms with Crippen LogP contribution in [0.15, 0.2) is 0 Å². The molecule has 1 fully saturated rings. The van der Waals surface area contributed by atoms with Gasteiger partial charge in [0.15, 0.2) is 0 Å². The molecule has 0 aromatic carbocycles. The summed E-state index contributed by atoms with van der Waals surface area (Å²) < 4.78 is 22.1. The van der Waals surface area contributed by atoms with Gasteiger partial charge in [-0.25, -0.2) is 0 Å². The first-order valence-corrected chi connectivity index (χ1v) is 6.93. The molecule has 0 amide bonds. The Hall–Kier alpha value is 1.33. The number of rotatable bonds is 2. The van der Waals surface area contributed by atoms with Gasteiger partial charge in [0, 0.05) is 5.25 Å². The molecule has 13 heavy (non-hydrogen) atoms. The SMILES string of the molecule is CC(C1CCCCC1)S(=O)([O-])=S.[Na+]. The first kappa shape index (κ1) is 14.3. The summed E-state index contributed by atoms with van der Waals surface area (Å²) in [6.45, 7) is 1.75. The summed E-state index contributed by atoms with van der Waals surface area (Å²) in [5, 5.41) is -0.312. The van der Waals surface area contributed by atoms with Crippen LogP contribution in [0.25, 0.3) is 0 Å². The first-order chi connectivity index (χ1) is 5.52. The molecule has 0 spiro atoms. The molecule has 0 radical (unpaired) electrons. The van der Waals surface area contributed by atoms with Crippen LogP contribution < -0.4 is 29.6 Å². The summed E-state index contributed by atoms with van der Waals surface area (Å²) in [5.74, 6) is 0.321. The van der Waals surface area contributed by atoms with Crippen molar-refractivity contribution in [2.75, 3.05) is 0 Å². The molecular weight excluding hydrogens is 215 g/mol. The van der Waals surface area contributed by atoms with Gasteiger partial charge in [0.1, 0.15) is 0 Å². The monoisotopic (exact) mass is 230 g/mol. The fourth-order valence-corrected chi connectivity index (χ4v) is 3.05.